The molecule has 0 unspecified atom stereocenters. The van der Waals surface area contributed by atoms with Gasteiger partial charge in [0.25, 0.3) is 0 Å². The predicted molar refractivity (Wildman–Crippen MR) is 113 cm³/mol. The second-order valence-corrected chi connectivity index (χ2v) is 7.57. The molecule has 4 aromatic rings. The molecule has 0 bridgehead atoms. The number of nitrogen functional groups attached to an aromatic ring is 2. The number of nitrogens with zero attached hydrogens (tertiary/aromatic N) is 6. The molecule has 1 aliphatic rings. The first-order valence-corrected chi connectivity index (χ1v) is 9.90. The minimum atomic E-state index is -1.21. The Morgan fingerprint density at radius 2 is 2.00 bits per heavy atom. The average Bonchev–Trinajstić information content (AvgIpc) is 3.45. The smallest absolute Gasteiger partial charge is 0.152 e. The fraction of sp³-hybridized carbons (Fsp3) is 0.300. The van der Waals surface area contributed by atoms with Crippen LogP contribution in [0.4, 0.5) is 11.6 Å². The molecular weight excluding hydrogens is 416 g/mol. The maximum Gasteiger partial charge on any atom is 0.152 e. The Morgan fingerprint density at radius 1 is 1.16 bits per heavy atom. The highest BCUT2D eigenvalue weighted by molar-refractivity contribution is 5.86. The number of hydrogen-bond acceptors (Lipinski definition) is 10. The second kappa shape index (κ2) is 7.75. The van der Waals surface area contributed by atoms with E-state index in [9.17, 15) is 10.2 Å². The fourth-order valence-corrected chi connectivity index (χ4v) is 3.84. The van der Waals surface area contributed by atoms with Crippen molar-refractivity contribution in [2.75, 3.05) is 18.1 Å². The Bertz CT molecular complexity index is 1250. The Kier molecular flexibility index (Phi) is 4.89. The van der Waals surface area contributed by atoms with Crippen LogP contribution in [-0.2, 0) is 11.8 Å². The molecule has 6 N–H and O–H groups in total. The van der Waals surface area contributed by atoms with Crippen molar-refractivity contribution in [3.05, 3.63) is 48.7 Å². The summed E-state index contributed by atoms with van der Waals surface area (Å²) in [6.07, 6.45) is 0.564. The normalized spacial score (nSPS) is 23.1. The molecule has 4 aromatic heterocycles. The quantitative estimate of drug-likeness (QED) is 0.330. The van der Waals surface area contributed by atoms with Crippen molar-refractivity contribution in [3.8, 4) is 17.0 Å². The van der Waals surface area contributed by atoms with Crippen molar-refractivity contribution in [3.63, 3.8) is 0 Å². The Morgan fingerprint density at radius 3 is 2.72 bits per heavy atom. The topological polar surface area (TPSA) is 172 Å². The van der Waals surface area contributed by atoms with Gasteiger partial charge < -0.3 is 31.2 Å². The van der Waals surface area contributed by atoms with Gasteiger partial charge in [-0.2, -0.15) is 10.2 Å². The van der Waals surface area contributed by atoms with Crippen LogP contribution < -0.4 is 16.2 Å². The molecule has 32 heavy (non-hydrogen) atoms. The number of aliphatic hydroxyl groups is 2. The molecule has 1 saturated heterocycles. The molecule has 0 radical (unpaired) electrons. The van der Waals surface area contributed by atoms with Crippen LogP contribution in [0.15, 0.2) is 43.0 Å². The number of nitrogens with two attached hydrogens (primary N) is 2. The van der Waals surface area contributed by atoms with Gasteiger partial charge in [0, 0.05) is 18.8 Å². The van der Waals surface area contributed by atoms with E-state index < -0.39 is 24.4 Å². The lowest BCUT2D eigenvalue weighted by atomic mass is 10.1. The zero-order chi connectivity index (χ0) is 22.4. The van der Waals surface area contributed by atoms with E-state index in [0.717, 1.165) is 0 Å². The highest BCUT2D eigenvalue weighted by Crippen LogP contribution is 2.38. The Balaban J connectivity index is 1.46. The first-order chi connectivity index (χ1) is 15.4. The average molecular weight is 438 g/mol. The lowest BCUT2D eigenvalue weighted by Crippen LogP contribution is -2.34. The minimum absolute atomic E-state index is 0.00779. The van der Waals surface area contributed by atoms with E-state index >= 15 is 0 Å². The first-order valence-electron chi connectivity index (χ1n) is 9.90. The van der Waals surface area contributed by atoms with E-state index in [1.54, 1.807) is 27.4 Å². The number of hydrogen-bond donors (Lipinski definition) is 4. The third-order valence-corrected chi connectivity index (χ3v) is 5.43. The summed E-state index contributed by atoms with van der Waals surface area (Å²) in [4.78, 5) is 8.04. The fourth-order valence-electron chi connectivity index (χ4n) is 3.84. The van der Waals surface area contributed by atoms with Crippen LogP contribution in [0, 0.1) is 0 Å². The summed E-state index contributed by atoms with van der Waals surface area (Å²) in [5, 5.41) is 30.1. The summed E-state index contributed by atoms with van der Waals surface area (Å²) in [5.74, 6) is 1.10. The number of ether oxygens (including phenoxy) is 2. The monoisotopic (exact) mass is 438 g/mol. The molecule has 12 heteroatoms. The highest BCUT2D eigenvalue weighted by Gasteiger charge is 2.45. The molecule has 0 spiro atoms. The standard InChI is InChI=1S/C20H22N8O4/c1-27-5-4-12(26-27)11-6-13(28-16(11)20(22)24-9-25-28)19-18(30)17(29)14(32-19)8-31-10-2-3-15(21)23-7-10/h2-7,9,14,17-19,29-30H,8H2,1H3,(H2,21,23)(H2,22,24,25)/t14-,17-,18-,19+/m1/s1. The maximum absolute atomic E-state index is 10.8. The summed E-state index contributed by atoms with van der Waals surface area (Å²) in [7, 11) is 1.81. The SMILES string of the molecule is Cn1ccc(-c2cc([C@@H]3O[C@H](COc4ccc(N)nc4)[C@@H](O)[C@H]3O)n3ncnc(N)c23)n1. The number of rotatable bonds is 5. The molecule has 5 rings (SSSR count). The summed E-state index contributed by atoms with van der Waals surface area (Å²) in [5.41, 5.74) is 14.1. The van der Waals surface area contributed by atoms with E-state index in [0.29, 0.717) is 34.0 Å². The van der Waals surface area contributed by atoms with Crippen LogP contribution in [0.25, 0.3) is 16.8 Å². The molecule has 0 amide bonds. The largest absolute Gasteiger partial charge is 0.489 e. The zero-order valence-electron chi connectivity index (χ0n) is 17.1. The van der Waals surface area contributed by atoms with Crippen LogP contribution in [0.2, 0.25) is 0 Å². The highest BCUT2D eigenvalue weighted by atomic mass is 16.6. The number of aliphatic hydroxyl groups excluding tert-OH is 2. The van der Waals surface area contributed by atoms with E-state index in [2.05, 4.69) is 20.2 Å². The summed E-state index contributed by atoms with van der Waals surface area (Å²) >= 11 is 0. The second-order valence-electron chi connectivity index (χ2n) is 7.57. The van der Waals surface area contributed by atoms with Crippen LogP contribution in [0.5, 0.6) is 5.75 Å². The predicted octanol–water partition coefficient (Wildman–Crippen LogP) is -0.0701. The van der Waals surface area contributed by atoms with Gasteiger partial charge in [-0.05, 0) is 24.3 Å². The van der Waals surface area contributed by atoms with Gasteiger partial charge in [-0.15, -0.1) is 0 Å². The van der Waals surface area contributed by atoms with Crippen molar-refractivity contribution in [2.24, 2.45) is 7.05 Å². The number of aryl methyl sites for hydroxylation is 1. The van der Waals surface area contributed by atoms with E-state index in [1.807, 2.05) is 19.3 Å². The van der Waals surface area contributed by atoms with E-state index in [1.165, 1.54) is 12.5 Å². The van der Waals surface area contributed by atoms with Gasteiger partial charge >= 0.3 is 0 Å². The van der Waals surface area contributed by atoms with Crippen LogP contribution in [0.1, 0.15) is 11.8 Å². The van der Waals surface area contributed by atoms with Crippen LogP contribution >= 0.6 is 0 Å². The van der Waals surface area contributed by atoms with Gasteiger partial charge in [0.2, 0.25) is 0 Å². The van der Waals surface area contributed by atoms with Gasteiger partial charge in [-0.1, -0.05) is 0 Å². The molecule has 12 nitrogen and oxygen atoms in total. The molecular formula is C20H22N8O4. The van der Waals surface area contributed by atoms with E-state index in [4.69, 9.17) is 20.9 Å². The first kappa shape index (κ1) is 20.2. The number of pyridine rings is 1. The Labute approximate surface area is 182 Å². The molecule has 0 saturated carbocycles. The molecule has 1 fully saturated rings. The van der Waals surface area contributed by atoms with Crippen molar-refractivity contribution in [1.29, 1.82) is 0 Å². The Hall–Kier alpha value is -3.74. The van der Waals surface area contributed by atoms with Gasteiger partial charge in [0.05, 0.1) is 17.6 Å². The van der Waals surface area contributed by atoms with Gasteiger partial charge in [-0.25, -0.2) is 14.5 Å². The van der Waals surface area contributed by atoms with Crippen molar-refractivity contribution in [1.82, 2.24) is 29.4 Å². The van der Waals surface area contributed by atoms with Gasteiger partial charge in [0.1, 0.15) is 54.4 Å². The maximum atomic E-state index is 10.8. The van der Waals surface area contributed by atoms with E-state index in [-0.39, 0.29) is 12.4 Å². The number of anilines is 2. The molecule has 4 atom stereocenters. The third-order valence-electron chi connectivity index (χ3n) is 5.43. The van der Waals surface area contributed by atoms with Crippen LogP contribution in [0.3, 0.4) is 0 Å². The molecule has 166 valence electrons. The number of aromatic nitrogens is 6. The van der Waals surface area contributed by atoms with Crippen molar-refractivity contribution >= 4 is 17.2 Å². The van der Waals surface area contributed by atoms with Gasteiger partial charge in [0.15, 0.2) is 5.82 Å². The molecule has 1 aliphatic heterocycles. The number of fused-ring (bicyclic) bond motifs is 1. The van der Waals surface area contributed by atoms with Crippen LogP contribution in [-0.4, -0.2) is 64.5 Å². The summed E-state index contributed by atoms with van der Waals surface area (Å²) < 4.78 is 14.9. The third kappa shape index (κ3) is 3.39. The summed E-state index contributed by atoms with van der Waals surface area (Å²) in [6, 6.07) is 6.89. The molecule has 0 aliphatic carbocycles. The van der Waals surface area contributed by atoms with Crippen molar-refractivity contribution < 1.29 is 19.7 Å². The molecule has 5 heterocycles. The summed E-state index contributed by atoms with van der Waals surface area (Å²) in [6.45, 7) is 0.00779. The van der Waals surface area contributed by atoms with Crippen molar-refractivity contribution in [2.45, 2.75) is 24.4 Å². The zero-order valence-corrected chi connectivity index (χ0v) is 17.1. The van der Waals surface area contributed by atoms with Gasteiger partial charge in [-0.3, -0.25) is 4.68 Å². The minimum Gasteiger partial charge on any atom is -0.489 e. The lowest BCUT2D eigenvalue weighted by Gasteiger charge is -2.15. The lowest BCUT2D eigenvalue weighted by molar-refractivity contribution is -0.0187. The molecule has 0 aromatic carbocycles.